The summed E-state index contributed by atoms with van der Waals surface area (Å²) in [6.07, 6.45) is -1.25. The van der Waals surface area contributed by atoms with Crippen LogP contribution in [0.4, 0.5) is 11.4 Å². The molecule has 0 heterocycles. The molecule has 0 aliphatic rings. The first kappa shape index (κ1) is 23.0. The molecule has 0 aromatic heterocycles. The smallest absolute Gasteiger partial charge is 0.345 e. The maximum Gasteiger partial charge on any atom is 0.345 e. The lowest BCUT2D eigenvalue weighted by Gasteiger charge is -2.14. The van der Waals surface area contributed by atoms with Gasteiger partial charge in [0, 0.05) is 17.8 Å². The molecule has 0 aliphatic carbocycles. The van der Waals surface area contributed by atoms with Crippen molar-refractivity contribution >= 4 is 33.3 Å². The molecule has 0 saturated heterocycles. The predicted molar refractivity (Wildman–Crippen MR) is 109 cm³/mol. The van der Waals surface area contributed by atoms with Crippen molar-refractivity contribution in [2.75, 3.05) is 5.32 Å². The number of hydrogen-bond acceptors (Lipinski definition) is 7. The van der Waals surface area contributed by atoms with E-state index in [-0.39, 0.29) is 22.2 Å². The van der Waals surface area contributed by atoms with Crippen molar-refractivity contribution in [2.45, 2.75) is 37.8 Å². The topological polar surface area (TPSA) is 145 Å². The Hall–Kier alpha value is -3.31. The summed E-state index contributed by atoms with van der Waals surface area (Å²) in [7, 11) is -3.67. The number of benzene rings is 2. The van der Waals surface area contributed by atoms with Crippen LogP contribution in [0.3, 0.4) is 0 Å². The number of carbonyl (C=O) groups is 2. The van der Waals surface area contributed by atoms with E-state index in [2.05, 4.69) is 10.0 Å². The molecule has 30 heavy (non-hydrogen) atoms. The summed E-state index contributed by atoms with van der Waals surface area (Å²) in [4.78, 5) is 34.8. The number of ether oxygens (including phenoxy) is 1. The number of nitrogens with one attached hydrogen (secondary N) is 2. The Morgan fingerprint density at radius 3 is 2.20 bits per heavy atom. The lowest BCUT2D eigenvalue weighted by atomic mass is 10.2. The molecule has 2 N–H and O–H groups in total. The highest BCUT2D eigenvalue weighted by Gasteiger charge is 2.25. The van der Waals surface area contributed by atoms with E-state index < -0.39 is 38.6 Å². The minimum atomic E-state index is -3.67. The fraction of sp³-hybridized carbons (Fsp3) is 0.263. The zero-order valence-electron chi connectivity index (χ0n) is 16.5. The predicted octanol–water partition coefficient (Wildman–Crippen LogP) is 2.47. The molecule has 11 heteroatoms. The highest BCUT2D eigenvalue weighted by molar-refractivity contribution is 7.89. The van der Waals surface area contributed by atoms with E-state index in [0.717, 1.165) is 6.07 Å². The van der Waals surface area contributed by atoms with Crippen LogP contribution in [0, 0.1) is 10.1 Å². The number of nitro benzene ring substituents is 1. The lowest BCUT2D eigenvalue weighted by molar-refractivity contribution is -0.385. The molecule has 0 spiro atoms. The molecular weight excluding hydrogens is 414 g/mol. The molecule has 10 nitrogen and oxygen atoms in total. The van der Waals surface area contributed by atoms with Gasteiger partial charge in [-0.15, -0.1) is 0 Å². The molecule has 1 amide bonds. The first-order valence-corrected chi connectivity index (χ1v) is 10.4. The second kappa shape index (κ2) is 9.46. The molecule has 1 atom stereocenters. The molecule has 2 aromatic rings. The van der Waals surface area contributed by atoms with E-state index in [4.69, 9.17) is 4.74 Å². The Morgan fingerprint density at radius 1 is 1.03 bits per heavy atom. The third-order valence-electron chi connectivity index (χ3n) is 3.80. The van der Waals surface area contributed by atoms with Gasteiger partial charge >= 0.3 is 5.97 Å². The maximum absolute atomic E-state index is 12.3. The summed E-state index contributed by atoms with van der Waals surface area (Å²) < 4.78 is 31.7. The average Bonchev–Trinajstić information content (AvgIpc) is 2.67. The monoisotopic (exact) mass is 435 g/mol. The number of sulfonamides is 1. The first-order valence-electron chi connectivity index (χ1n) is 8.89. The average molecular weight is 435 g/mol. The SMILES string of the molecule is CC(C)NS(=O)(=O)c1ccc(NC(=O)C(C)OC(=O)c2ccccc2[N+](=O)[O-])cc1. The van der Waals surface area contributed by atoms with Gasteiger partial charge in [0.25, 0.3) is 11.6 Å². The number of para-hydroxylation sites is 1. The van der Waals surface area contributed by atoms with Gasteiger partial charge in [0.2, 0.25) is 10.0 Å². The van der Waals surface area contributed by atoms with E-state index in [1.54, 1.807) is 13.8 Å². The molecule has 0 saturated carbocycles. The van der Waals surface area contributed by atoms with Crippen molar-refractivity contribution in [1.29, 1.82) is 0 Å². The van der Waals surface area contributed by atoms with Gasteiger partial charge in [-0.05, 0) is 51.1 Å². The van der Waals surface area contributed by atoms with Gasteiger partial charge in [-0.1, -0.05) is 12.1 Å². The van der Waals surface area contributed by atoms with Crippen molar-refractivity contribution < 1.29 is 27.7 Å². The van der Waals surface area contributed by atoms with Crippen LogP contribution in [0.15, 0.2) is 53.4 Å². The van der Waals surface area contributed by atoms with Crippen LogP contribution in [-0.2, 0) is 19.6 Å². The van der Waals surface area contributed by atoms with Crippen molar-refractivity contribution in [2.24, 2.45) is 0 Å². The maximum atomic E-state index is 12.3. The second-order valence-corrected chi connectivity index (χ2v) is 8.33. The Morgan fingerprint density at radius 2 is 1.63 bits per heavy atom. The van der Waals surface area contributed by atoms with E-state index in [1.165, 1.54) is 49.4 Å². The number of anilines is 1. The zero-order chi connectivity index (χ0) is 22.5. The molecule has 1 unspecified atom stereocenters. The third-order valence-corrected chi connectivity index (χ3v) is 5.47. The largest absolute Gasteiger partial charge is 0.449 e. The summed E-state index contributed by atoms with van der Waals surface area (Å²) in [5, 5.41) is 13.5. The lowest BCUT2D eigenvalue weighted by Crippen LogP contribution is -2.31. The van der Waals surface area contributed by atoms with E-state index >= 15 is 0 Å². The number of amides is 1. The highest BCUT2D eigenvalue weighted by Crippen LogP contribution is 2.20. The Bertz CT molecular complexity index is 1050. The highest BCUT2D eigenvalue weighted by atomic mass is 32.2. The number of hydrogen-bond donors (Lipinski definition) is 2. The van der Waals surface area contributed by atoms with Gasteiger partial charge in [-0.2, -0.15) is 0 Å². The Balaban J connectivity index is 2.04. The fourth-order valence-corrected chi connectivity index (χ4v) is 3.67. The van der Waals surface area contributed by atoms with Crippen molar-refractivity contribution in [3.05, 3.63) is 64.2 Å². The van der Waals surface area contributed by atoms with Crippen LogP contribution < -0.4 is 10.0 Å². The summed E-state index contributed by atoms with van der Waals surface area (Å²) in [6.45, 7) is 4.70. The van der Waals surface area contributed by atoms with Gasteiger partial charge in [-0.25, -0.2) is 17.9 Å². The Labute approximate surface area is 173 Å². The molecule has 160 valence electrons. The quantitative estimate of drug-likeness (QED) is 0.368. The van der Waals surface area contributed by atoms with Crippen molar-refractivity contribution in [3.63, 3.8) is 0 Å². The summed E-state index contributed by atoms with van der Waals surface area (Å²) >= 11 is 0. The minimum Gasteiger partial charge on any atom is -0.449 e. The van der Waals surface area contributed by atoms with Crippen LogP contribution in [-0.4, -0.2) is 37.4 Å². The molecular formula is C19H21N3O7S. The second-order valence-electron chi connectivity index (χ2n) is 6.61. The first-order chi connectivity index (χ1) is 14.0. The minimum absolute atomic E-state index is 0.0325. The number of carbonyl (C=O) groups excluding carboxylic acids is 2. The Kier molecular flexibility index (Phi) is 7.24. The van der Waals surface area contributed by atoms with Gasteiger partial charge < -0.3 is 10.1 Å². The fourth-order valence-electron chi connectivity index (χ4n) is 2.42. The van der Waals surface area contributed by atoms with Crippen molar-refractivity contribution in [3.8, 4) is 0 Å². The van der Waals surface area contributed by atoms with Gasteiger partial charge in [0.15, 0.2) is 6.10 Å². The van der Waals surface area contributed by atoms with Gasteiger partial charge in [0.05, 0.1) is 9.82 Å². The molecule has 0 radical (unpaired) electrons. The number of nitro groups is 1. The van der Waals surface area contributed by atoms with E-state index in [9.17, 15) is 28.1 Å². The van der Waals surface area contributed by atoms with Crippen LogP contribution >= 0.6 is 0 Å². The summed E-state index contributed by atoms with van der Waals surface area (Å²) in [5.74, 6) is -1.69. The molecule has 0 fully saturated rings. The zero-order valence-corrected chi connectivity index (χ0v) is 17.3. The van der Waals surface area contributed by atoms with Crippen LogP contribution in [0.2, 0.25) is 0 Å². The molecule has 2 rings (SSSR count). The normalized spacial score (nSPS) is 12.3. The number of nitrogens with zero attached hydrogens (tertiary/aromatic N) is 1. The summed E-state index contributed by atoms with van der Waals surface area (Å²) in [6, 6.07) is 10.4. The van der Waals surface area contributed by atoms with Crippen LogP contribution in [0.25, 0.3) is 0 Å². The standard InChI is InChI=1S/C19H21N3O7S/c1-12(2)21-30(27,28)15-10-8-14(9-11-15)20-18(23)13(3)29-19(24)16-6-4-5-7-17(16)22(25)26/h4-13,21H,1-3H3,(H,20,23). The van der Waals surface area contributed by atoms with Gasteiger partial charge in [-0.3, -0.25) is 14.9 Å². The number of esters is 1. The van der Waals surface area contributed by atoms with E-state index in [0.29, 0.717) is 0 Å². The molecule has 0 aliphatic heterocycles. The van der Waals surface area contributed by atoms with Crippen LogP contribution in [0.1, 0.15) is 31.1 Å². The summed E-state index contributed by atoms with van der Waals surface area (Å²) in [5.41, 5.74) is -0.409. The molecule has 0 bridgehead atoms. The third kappa shape index (κ3) is 5.84. The number of rotatable bonds is 8. The van der Waals surface area contributed by atoms with E-state index in [1.807, 2.05) is 0 Å². The van der Waals surface area contributed by atoms with Gasteiger partial charge in [0.1, 0.15) is 5.56 Å². The molecule has 2 aromatic carbocycles. The van der Waals surface area contributed by atoms with Crippen LogP contribution in [0.5, 0.6) is 0 Å². The van der Waals surface area contributed by atoms with Crippen molar-refractivity contribution in [1.82, 2.24) is 4.72 Å².